The average Bonchev–Trinajstić information content (AvgIpc) is 2.90. The number of ether oxygens (including phenoxy) is 1. The monoisotopic (exact) mass is 261 g/mol. The minimum atomic E-state index is 0.0638. The fourth-order valence-corrected chi connectivity index (χ4v) is 1.78. The van der Waals surface area contributed by atoms with E-state index in [-0.39, 0.29) is 6.04 Å². The van der Waals surface area contributed by atoms with E-state index in [4.69, 9.17) is 9.15 Å². The molecule has 0 fully saturated rings. The Morgan fingerprint density at radius 1 is 1.21 bits per heavy atom. The lowest BCUT2D eigenvalue weighted by Crippen LogP contribution is -2.17. The fraction of sp³-hybridized carbons (Fsp3) is 0.429. The highest BCUT2D eigenvalue weighted by molar-refractivity contribution is 5.53. The van der Waals surface area contributed by atoms with E-state index < -0.39 is 0 Å². The van der Waals surface area contributed by atoms with E-state index in [1.165, 1.54) is 0 Å². The quantitative estimate of drug-likeness (QED) is 0.866. The third-order valence-corrected chi connectivity index (χ3v) is 2.73. The van der Waals surface area contributed by atoms with Crippen molar-refractivity contribution in [2.24, 2.45) is 0 Å². The highest BCUT2D eigenvalue weighted by atomic mass is 16.5. The van der Waals surface area contributed by atoms with Gasteiger partial charge in [0.15, 0.2) is 0 Å². The zero-order valence-corrected chi connectivity index (χ0v) is 11.5. The van der Waals surface area contributed by atoms with Crippen molar-refractivity contribution in [2.45, 2.75) is 26.8 Å². The summed E-state index contributed by atoms with van der Waals surface area (Å²) in [5, 5.41) is 11.4. The number of benzene rings is 1. The molecular formula is C14H19N3O2. The van der Waals surface area contributed by atoms with Crippen molar-refractivity contribution in [3.05, 3.63) is 30.2 Å². The summed E-state index contributed by atoms with van der Waals surface area (Å²) >= 11 is 0. The van der Waals surface area contributed by atoms with E-state index in [2.05, 4.69) is 15.5 Å². The summed E-state index contributed by atoms with van der Waals surface area (Å²) in [6, 6.07) is 7.70. The summed E-state index contributed by atoms with van der Waals surface area (Å²) in [4.78, 5) is 0. The summed E-state index contributed by atoms with van der Waals surface area (Å²) in [5.41, 5.74) is 0.894. The van der Waals surface area contributed by atoms with Crippen molar-refractivity contribution in [3.8, 4) is 17.2 Å². The van der Waals surface area contributed by atoms with Crippen LogP contribution in [0, 0.1) is 0 Å². The Kier molecular flexibility index (Phi) is 4.52. The van der Waals surface area contributed by atoms with Crippen molar-refractivity contribution >= 4 is 0 Å². The molecule has 2 aromatic rings. The van der Waals surface area contributed by atoms with Gasteiger partial charge in [0.25, 0.3) is 0 Å². The largest absolute Gasteiger partial charge is 0.494 e. The van der Waals surface area contributed by atoms with Crippen LogP contribution in [0.1, 0.15) is 32.7 Å². The van der Waals surface area contributed by atoms with Gasteiger partial charge in [0.05, 0.1) is 12.6 Å². The van der Waals surface area contributed by atoms with Crippen LogP contribution in [0.4, 0.5) is 0 Å². The molecule has 0 radical (unpaired) electrons. The van der Waals surface area contributed by atoms with Gasteiger partial charge in [-0.3, -0.25) is 0 Å². The Hall–Kier alpha value is -1.88. The van der Waals surface area contributed by atoms with Gasteiger partial charge in [-0.05, 0) is 44.7 Å². The van der Waals surface area contributed by atoms with Crippen LogP contribution >= 0.6 is 0 Å². The topological polar surface area (TPSA) is 60.2 Å². The van der Waals surface area contributed by atoms with E-state index in [9.17, 15) is 0 Å². The first-order valence-corrected chi connectivity index (χ1v) is 6.54. The molecule has 0 aliphatic heterocycles. The van der Waals surface area contributed by atoms with Crippen LogP contribution < -0.4 is 10.1 Å². The summed E-state index contributed by atoms with van der Waals surface area (Å²) in [6.07, 6.45) is 0. The summed E-state index contributed by atoms with van der Waals surface area (Å²) < 4.78 is 11.1. The third kappa shape index (κ3) is 3.32. The van der Waals surface area contributed by atoms with Crippen LogP contribution in [0.2, 0.25) is 0 Å². The molecule has 0 spiro atoms. The average molecular weight is 261 g/mol. The zero-order chi connectivity index (χ0) is 13.7. The lowest BCUT2D eigenvalue weighted by Gasteiger charge is -2.05. The van der Waals surface area contributed by atoms with Gasteiger partial charge in [-0.2, -0.15) is 0 Å². The Morgan fingerprint density at radius 2 is 1.95 bits per heavy atom. The fourth-order valence-electron chi connectivity index (χ4n) is 1.78. The molecule has 19 heavy (non-hydrogen) atoms. The minimum Gasteiger partial charge on any atom is -0.494 e. The second-order valence-electron chi connectivity index (χ2n) is 4.18. The Balaban J connectivity index is 2.13. The van der Waals surface area contributed by atoms with Gasteiger partial charge in [0.1, 0.15) is 5.75 Å². The molecule has 1 aromatic carbocycles. The number of nitrogens with one attached hydrogen (secondary N) is 1. The van der Waals surface area contributed by atoms with Crippen LogP contribution in [-0.2, 0) is 0 Å². The predicted molar refractivity (Wildman–Crippen MR) is 73.0 cm³/mol. The first-order chi connectivity index (χ1) is 9.24. The van der Waals surface area contributed by atoms with E-state index in [0.29, 0.717) is 18.4 Å². The lowest BCUT2D eigenvalue weighted by atomic mass is 10.2. The molecule has 2 rings (SSSR count). The first-order valence-electron chi connectivity index (χ1n) is 6.54. The second kappa shape index (κ2) is 6.33. The molecule has 0 aliphatic rings. The summed E-state index contributed by atoms with van der Waals surface area (Å²) in [7, 11) is 0. The zero-order valence-electron chi connectivity index (χ0n) is 11.5. The van der Waals surface area contributed by atoms with Crippen molar-refractivity contribution in [1.29, 1.82) is 0 Å². The number of nitrogens with zero attached hydrogens (tertiary/aromatic N) is 2. The maximum atomic E-state index is 5.66. The van der Waals surface area contributed by atoms with Crippen molar-refractivity contribution < 1.29 is 9.15 Å². The number of aromatic nitrogens is 2. The molecule has 5 heteroatoms. The molecule has 5 nitrogen and oxygen atoms in total. The molecule has 1 unspecified atom stereocenters. The molecular weight excluding hydrogens is 242 g/mol. The molecule has 0 saturated carbocycles. The standard InChI is InChI=1S/C14H19N3O2/c1-4-15-10(3)13-16-17-14(19-13)11-6-8-12(9-7-11)18-5-2/h6-10,15H,4-5H2,1-3H3. The normalized spacial score (nSPS) is 12.4. The molecule has 1 aromatic heterocycles. The Bertz CT molecular complexity index is 508. The second-order valence-corrected chi connectivity index (χ2v) is 4.18. The maximum absolute atomic E-state index is 5.66. The Morgan fingerprint density at radius 3 is 2.58 bits per heavy atom. The minimum absolute atomic E-state index is 0.0638. The Labute approximate surface area is 113 Å². The molecule has 0 amide bonds. The van der Waals surface area contributed by atoms with Crippen LogP contribution in [0.3, 0.4) is 0 Å². The maximum Gasteiger partial charge on any atom is 0.247 e. The van der Waals surface area contributed by atoms with Crippen LogP contribution in [0.15, 0.2) is 28.7 Å². The van der Waals surface area contributed by atoms with Crippen molar-refractivity contribution in [1.82, 2.24) is 15.5 Å². The molecule has 1 N–H and O–H groups in total. The first kappa shape index (κ1) is 13.5. The predicted octanol–water partition coefficient (Wildman–Crippen LogP) is 2.81. The lowest BCUT2D eigenvalue weighted by molar-refractivity contribution is 0.340. The van der Waals surface area contributed by atoms with Gasteiger partial charge in [-0.1, -0.05) is 6.92 Å². The molecule has 0 bridgehead atoms. The van der Waals surface area contributed by atoms with Gasteiger partial charge < -0.3 is 14.5 Å². The SMILES string of the molecule is CCNC(C)c1nnc(-c2ccc(OCC)cc2)o1. The van der Waals surface area contributed by atoms with Gasteiger partial charge in [-0.25, -0.2) is 0 Å². The number of hydrogen-bond acceptors (Lipinski definition) is 5. The smallest absolute Gasteiger partial charge is 0.247 e. The van der Waals surface area contributed by atoms with Crippen LogP contribution in [0.25, 0.3) is 11.5 Å². The van der Waals surface area contributed by atoms with Crippen molar-refractivity contribution in [2.75, 3.05) is 13.2 Å². The van der Waals surface area contributed by atoms with E-state index in [0.717, 1.165) is 17.9 Å². The third-order valence-electron chi connectivity index (χ3n) is 2.73. The van der Waals surface area contributed by atoms with E-state index in [1.807, 2.05) is 45.0 Å². The molecule has 0 aliphatic carbocycles. The van der Waals surface area contributed by atoms with Gasteiger partial charge in [-0.15, -0.1) is 10.2 Å². The highest BCUT2D eigenvalue weighted by Crippen LogP contribution is 2.23. The molecule has 0 saturated heterocycles. The highest BCUT2D eigenvalue weighted by Gasteiger charge is 2.13. The van der Waals surface area contributed by atoms with E-state index >= 15 is 0 Å². The van der Waals surface area contributed by atoms with Crippen molar-refractivity contribution in [3.63, 3.8) is 0 Å². The van der Waals surface area contributed by atoms with Gasteiger partial charge >= 0.3 is 0 Å². The summed E-state index contributed by atoms with van der Waals surface area (Å²) in [5.74, 6) is 1.97. The molecule has 1 atom stereocenters. The molecule has 1 heterocycles. The van der Waals surface area contributed by atoms with Gasteiger partial charge in [0.2, 0.25) is 11.8 Å². The number of rotatable bonds is 6. The number of hydrogen-bond donors (Lipinski definition) is 1. The van der Waals surface area contributed by atoms with E-state index in [1.54, 1.807) is 0 Å². The van der Waals surface area contributed by atoms with Gasteiger partial charge in [0, 0.05) is 5.56 Å². The van der Waals surface area contributed by atoms with Crippen LogP contribution in [-0.4, -0.2) is 23.3 Å². The molecule has 102 valence electrons. The summed E-state index contributed by atoms with van der Waals surface area (Å²) in [6.45, 7) is 7.52. The van der Waals surface area contributed by atoms with Crippen LogP contribution in [0.5, 0.6) is 5.75 Å².